The predicted octanol–water partition coefficient (Wildman–Crippen LogP) is 3.21. The molecule has 0 radical (unpaired) electrons. The van der Waals surface area contributed by atoms with Gasteiger partial charge in [-0.1, -0.05) is 13.8 Å². The lowest BCUT2D eigenvalue weighted by Gasteiger charge is -2.18. The zero-order valence-corrected chi connectivity index (χ0v) is 20.3. The Kier molecular flexibility index (Phi) is 8.76. The summed E-state index contributed by atoms with van der Waals surface area (Å²) >= 11 is 1.30. The highest BCUT2D eigenvalue weighted by Crippen LogP contribution is 2.45. The highest BCUT2D eigenvalue weighted by atomic mass is 32.2. The Morgan fingerprint density at radius 3 is 2.35 bits per heavy atom. The number of carbonyl (C=O) groups is 1. The van der Waals surface area contributed by atoms with Crippen LogP contribution in [0.3, 0.4) is 0 Å². The van der Waals surface area contributed by atoms with Crippen molar-refractivity contribution in [1.29, 1.82) is 0 Å². The molecule has 7 N–H and O–H groups in total. The van der Waals surface area contributed by atoms with Crippen LogP contribution in [0.25, 0.3) is 0 Å². The number of hydrogen-bond donors (Lipinski definition) is 4. The summed E-state index contributed by atoms with van der Waals surface area (Å²) in [7, 11) is -1.44. The van der Waals surface area contributed by atoms with E-state index in [9.17, 15) is 9.32 Å². The average molecular weight is 467 g/mol. The van der Waals surface area contributed by atoms with Crippen molar-refractivity contribution in [2.75, 3.05) is 5.73 Å². The van der Waals surface area contributed by atoms with Crippen LogP contribution in [0.5, 0.6) is 0 Å². The number of fused-ring (bicyclic) bond motifs is 1. The number of hydrogen-bond acceptors (Lipinski definition) is 6. The van der Waals surface area contributed by atoms with Gasteiger partial charge in [-0.25, -0.2) is 9.35 Å². The van der Waals surface area contributed by atoms with Crippen molar-refractivity contribution in [3.63, 3.8) is 0 Å². The minimum absolute atomic E-state index is 0.250. The molecular formula is C22H34N4O3S2. The SMILES string of the molecule is CC(C)(O)c1csc(S(N)=O)c1.CC(C)c1c(C2CC2)nc2c(c1N)CCC2.NC=O. The minimum atomic E-state index is -1.44. The monoisotopic (exact) mass is 466 g/mol. The first-order valence-corrected chi connectivity index (χ1v) is 12.5. The number of nitrogen functional groups attached to an aromatic ring is 1. The van der Waals surface area contributed by atoms with Gasteiger partial charge in [-0.2, -0.15) is 0 Å². The topological polar surface area (TPSA) is 145 Å². The maximum atomic E-state index is 10.8. The molecular weight excluding hydrogens is 432 g/mol. The highest BCUT2D eigenvalue weighted by Gasteiger charge is 2.32. The Labute approximate surface area is 191 Å². The number of primary amides is 1. The fraction of sp³-hybridized carbons (Fsp3) is 0.545. The van der Waals surface area contributed by atoms with E-state index in [4.69, 9.17) is 20.7 Å². The van der Waals surface area contributed by atoms with Crippen LogP contribution in [0.2, 0.25) is 0 Å². The normalized spacial score (nSPS) is 16.0. The lowest BCUT2D eigenvalue weighted by atomic mass is 9.94. The van der Waals surface area contributed by atoms with E-state index in [1.807, 2.05) is 0 Å². The molecule has 0 bridgehead atoms. The van der Waals surface area contributed by atoms with Gasteiger partial charge in [0.15, 0.2) is 0 Å². The number of amides is 1. The standard InChI is InChI=1S/C14H20N2.C7H11NO2S2.CH3NO/c1-8(2)12-13(15)10-4-3-5-11(10)16-14(12)9-6-7-9;1-7(2,9)5-3-6(11-4-5)12(8)10;2-1-3/h8-9H,3-7H2,1-2H3,(H2,15,16);3-4,9H,8H2,1-2H3;1H,(H2,2,3). The number of nitrogens with zero attached hydrogens (tertiary/aromatic N) is 1. The quantitative estimate of drug-likeness (QED) is 0.511. The molecule has 31 heavy (non-hydrogen) atoms. The fourth-order valence-electron chi connectivity index (χ4n) is 3.67. The van der Waals surface area contributed by atoms with Crippen LogP contribution in [0.15, 0.2) is 15.7 Å². The molecule has 0 aromatic carbocycles. The van der Waals surface area contributed by atoms with E-state index >= 15 is 0 Å². The Morgan fingerprint density at radius 1 is 1.32 bits per heavy atom. The molecule has 2 aliphatic carbocycles. The van der Waals surface area contributed by atoms with Crippen molar-refractivity contribution in [3.05, 3.63) is 39.5 Å². The van der Waals surface area contributed by atoms with E-state index in [0.29, 0.717) is 16.0 Å². The van der Waals surface area contributed by atoms with E-state index in [1.54, 1.807) is 25.3 Å². The van der Waals surface area contributed by atoms with Crippen LogP contribution in [-0.2, 0) is 34.2 Å². The number of pyridine rings is 1. The molecule has 1 atom stereocenters. The van der Waals surface area contributed by atoms with Gasteiger partial charge >= 0.3 is 0 Å². The molecule has 172 valence electrons. The van der Waals surface area contributed by atoms with E-state index in [1.165, 1.54) is 53.1 Å². The molecule has 1 unspecified atom stereocenters. The Balaban J connectivity index is 0.000000203. The van der Waals surface area contributed by atoms with Gasteiger partial charge in [-0.15, -0.1) is 11.3 Å². The van der Waals surface area contributed by atoms with Crippen LogP contribution in [-0.4, -0.2) is 20.7 Å². The van der Waals surface area contributed by atoms with Crippen molar-refractivity contribution in [3.8, 4) is 0 Å². The summed E-state index contributed by atoms with van der Waals surface area (Å²) < 4.78 is 11.4. The molecule has 1 amide bonds. The minimum Gasteiger partial charge on any atom is -0.398 e. The van der Waals surface area contributed by atoms with Gasteiger partial charge in [-0.3, -0.25) is 9.78 Å². The van der Waals surface area contributed by atoms with Gasteiger partial charge in [0.05, 0.1) is 5.60 Å². The van der Waals surface area contributed by atoms with Crippen molar-refractivity contribution in [2.24, 2.45) is 10.9 Å². The zero-order valence-electron chi connectivity index (χ0n) is 18.7. The molecule has 2 aromatic rings. The summed E-state index contributed by atoms with van der Waals surface area (Å²) in [5.41, 5.74) is 16.8. The van der Waals surface area contributed by atoms with Gasteiger partial charge < -0.3 is 16.6 Å². The van der Waals surface area contributed by atoms with Crippen LogP contribution >= 0.6 is 11.3 Å². The lowest BCUT2D eigenvalue weighted by Crippen LogP contribution is -2.14. The molecule has 2 heterocycles. The second-order valence-electron chi connectivity index (χ2n) is 8.68. The van der Waals surface area contributed by atoms with Crippen LogP contribution in [0, 0.1) is 0 Å². The first-order chi connectivity index (χ1) is 14.5. The molecule has 1 fully saturated rings. The molecule has 0 aliphatic heterocycles. The summed E-state index contributed by atoms with van der Waals surface area (Å²) in [6.07, 6.45) is 6.38. The molecule has 9 heteroatoms. The molecule has 0 saturated heterocycles. The van der Waals surface area contributed by atoms with Crippen LogP contribution in [0.1, 0.15) is 86.9 Å². The third-order valence-corrected chi connectivity index (χ3v) is 7.37. The molecule has 1 saturated carbocycles. The predicted molar refractivity (Wildman–Crippen MR) is 127 cm³/mol. The van der Waals surface area contributed by atoms with E-state index in [0.717, 1.165) is 24.1 Å². The number of aromatic nitrogens is 1. The second kappa shape index (κ2) is 10.7. The Morgan fingerprint density at radius 2 is 1.94 bits per heavy atom. The summed E-state index contributed by atoms with van der Waals surface area (Å²) in [6.45, 7) is 7.83. The smallest absolute Gasteiger partial charge is 0.204 e. The number of thiophene rings is 1. The zero-order chi connectivity index (χ0) is 23.3. The first-order valence-electron chi connectivity index (χ1n) is 10.4. The van der Waals surface area contributed by atoms with E-state index in [2.05, 4.69) is 19.6 Å². The highest BCUT2D eigenvalue weighted by molar-refractivity contribution is 7.85. The van der Waals surface area contributed by atoms with Gasteiger partial charge in [0.25, 0.3) is 0 Å². The maximum Gasteiger partial charge on any atom is 0.204 e. The van der Waals surface area contributed by atoms with E-state index in [-0.39, 0.29) is 6.41 Å². The molecule has 2 aromatic heterocycles. The first kappa shape index (κ1) is 25.5. The number of aliphatic hydroxyl groups is 1. The van der Waals surface area contributed by atoms with Crippen molar-refractivity contribution < 1.29 is 14.1 Å². The lowest BCUT2D eigenvalue weighted by molar-refractivity contribution is -0.106. The third-order valence-electron chi connectivity index (χ3n) is 5.36. The van der Waals surface area contributed by atoms with Crippen LogP contribution in [0.4, 0.5) is 5.69 Å². The molecule has 2 aliphatic rings. The molecule has 7 nitrogen and oxygen atoms in total. The summed E-state index contributed by atoms with van der Waals surface area (Å²) in [4.78, 5) is 13.5. The summed E-state index contributed by atoms with van der Waals surface area (Å²) in [6, 6.07) is 1.67. The maximum absolute atomic E-state index is 10.8. The number of rotatable bonds is 4. The van der Waals surface area contributed by atoms with Crippen molar-refractivity contribution >= 4 is 34.4 Å². The van der Waals surface area contributed by atoms with E-state index < -0.39 is 16.6 Å². The number of carbonyl (C=O) groups excluding carboxylic acids is 1. The van der Waals surface area contributed by atoms with Gasteiger partial charge in [0.2, 0.25) is 6.41 Å². The number of nitrogens with two attached hydrogens (primary N) is 3. The second-order valence-corrected chi connectivity index (χ2v) is 10.9. The van der Waals surface area contributed by atoms with Crippen molar-refractivity contribution in [1.82, 2.24) is 4.98 Å². The summed E-state index contributed by atoms with van der Waals surface area (Å²) in [5, 5.41) is 16.5. The molecule has 4 rings (SSSR count). The van der Waals surface area contributed by atoms with Crippen LogP contribution < -0.4 is 16.6 Å². The van der Waals surface area contributed by atoms with Gasteiger partial charge in [-0.05, 0) is 80.0 Å². The average Bonchev–Trinajstić information content (AvgIpc) is 3.17. The Bertz CT molecular complexity index is 932. The fourth-order valence-corrected chi connectivity index (χ4v) is 5.23. The largest absolute Gasteiger partial charge is 0.398 e. The van der Waals surface area contributed by atoms with Gasteiger partial charge in [0.1, 0.15) is 15.2 Å². The van der Waals surface area contributed by atoms with Crippen molar-refractivity contribution in [2.45, 2.75) is 81.4 Å². The molecule has 0 spiro atoms. The number of anilines is 1. The summed E-state index contributed by atoms with van der Waals surface area (Å²) in [5.74, 6) is 1.22. The number of aryl methyl sites for hydroxylation is 1. The third kappa shape index (κ3) is 6.58. The van der Waals surface area contributed by atoms with Gasteiger partial charge in [0, 0.05) is 23.0 Å². The Hall–Kier alpha value is -1.81.